The Labute approximate surface area is 366 Å². The Bertz CT molecular complexity index is 3860. The van der Waals surface area contributed by atoms with Crippen molar-refractivity contribution in [1.82, 2.24) is 19.9 Å². The van der Waals surface area contributed by atoms with Crippen molar-refractivity contribution in [2.45, 2.75) is 0 Å². The van der Waals surface area contributed by atoms with Gasteiger partial charge in [0.1, 0.15) is 11.1 Å². The molecular weight excluding hydrogens is 785 g/mol. The van der Waals surface area contributed by atoms with Crippen LogP contribution in [0.3, 0.4) is 0 Å². The van der Waals surface area contributed by atoms with E-state index in [4.69, 9.17) is 28.8 Å². The van der Waals surface area contributed by atoms with Crippen LogP contribution >= 0.6 is 0 Å². The van der Waals surface area contributed by atoms with Crippen LogP contribution in [-0.2, 0) is 0 Å². The van der Waals surface area contributed by atoms with Crippen LogP contribution in [0.5, 0.6) is 0 Å². The summed E-state index contributed by atoms with van der Waals surface area (Å²) in [6.45, 7) is 0. The molecule has 0 saturated carbocycles. The van der Waals surface area contributed by atoms with E-state index >= 15 is 0 Å². The molecule has 0 aliphatic heterocycles. The molecule has 13 rings (SSSR count). The standard InChI is InChI=1S/C58H34N4O2/c1-2-14-39(15-3-1)58-59-51-32-31-47-50-34-40(28-33-52(50)63-53(47)54(51)64-58)44-30-29-43(45-20-8-9-21-46(44)45)37-24-26-38(27-25-37)55-60-56(48-22-10-16-35-12-4-6-18-41(35)48)62-57(61-55)49-23-11-17-36-13-5-7-19-42(36)49/h1-34H. The molecule has 0 saturated heterocycles. The Balaban J connectivity index is 0.891. The number of aromatic nitrogens is 4. The van der Waals surface area contributed by atoms with Gasteiger partial charge in [-0.05, 0) is 91.0 Å². The molecule has 0 spiro atoms. The molecule has 13 aromatic rings. The highest BCUT2D eigenvalue weighted by Crippen LogP contribution is 2.41. The molecule has 0 aliphatic carbocycles. The maximum absolute atomic E-state index is 6.46. The zero-order chi connectivity index (χ0) is 42.1. The summed E-state index contributed by atoms with van der Waals surface area (Å²) in [5.41, 5.74) is 11.2. The van der Waals surface area contributed by atoms with Crippen molar-refractivity contribution >= 4 is 65.4 Å². The second-order valence-electron chi connectivity index (χ2n) is 16.1. The van der Waals surface area contributed by atoms with Crippen molar-refractivity contribution in [3.63, 3.8) is 0 Å². The number of oxazole rings is 1. The van der Waals surface area contributed by atoms with E-state index in [2.05, 4.69) is 170 Å². The number of fused-ring (bicyclic) bond motifs is 8. The quantitative estimate of drug-likeness (QED) is 0.166. The van der Waals surface area contributed by atoms with Gasteiger partial charge in [0.15, 0.2) is 28.6 Å². The fraction of sp³-hybridized carbons (Fsp3) is 0. The Morgan fingerprint density at radius 1 is 0.281 bits per heavy atom. The largest absolute Gasteiger partial charge is 0.452 e. The van der Waals surface area contributed by atoms with E-state index in [0.717, 1.165) is 87.9 Å². The van der Waals surface area contributed by atoms with Crippen molar-refractivity contribution in [3.05, 3.63) is 206 Å². The van der Waals surface area contributed by atoms with Gasteiger partial charge in [0.2, 0.25) is 5.89 Å². The molecule has 298 valence electrons. The van der Waals surface area contributed by atoms with Crippen molar-refractivity contribution in [2.24, 2.45) is 0 Å². The molecule has 0 radical (unpaired) electrons. The van der Waals surface area contributed by atoms with Crippen LogP contribution in [0.25, 0.3) is 133 Å². The molecule has 3 aromatic heterocycles. The van der Waals surface area contributed by atoms with E-state index in [1.54, 1.807) is 0 Å². The van der Waals surface area contributed by atoms with Gasteiger partial charge < -0.3 is 8.83 Å². The molecule has 3 heterocycles. The molecule has 0 bridgehead atoms. The van der Waals surface area contributed by atoms with Crippen molar-refractivity contribution in [1.29, 1.82) is 0 Å². The number of nitrogens with zero attached hydrogens (tertiary/aromatic N) is 4. The molecule has 0 N–H and O–H groups in total. The number of hydrogen-bond donors (Lipinski definition) is 0. The van der Waals surface area contributed by atoms with Crippen molar-refractivity contribution in [3.8, 4) is 67.9 Å². The summed E-state index contributed by atoms with van der Waals surface area (Å²) in [6, 6.07) is 71.5. The van der Waals surface area contributed by atoms with Gasteiger partial charge in [-0.1, -0.05) is 170 Å². The van der Waals surface area contributed by atoms with Crippen LogP contribution in [-0.4, -0.2) is 19.9 Å². The Hall–Kier alpha value is -8.74. The predicted molar refractivity (Wildman–Crippen MR) is 260 cm³/mol. The zero-order valence-corrected chi connectivity index (χ0v) is 34.2. The molecule has 0 unspecified atom stereocenters. The normalized spacial score (nSPS) is 11.8. The third-order valence-corrected chi connectivity index (χ3v) is 12.4. The van der Waals surface area contributed by atoms with Gasteiger partial charge in [0.05, 0.1) is 0 Å². The van der Waals surface area contributed by atoms with Crippen LogP contribution in [0, 0.1) is 0 Å². The highest BCUT2D eigenvalue weighted by Gasteiger charge is 2.19. The zero-order valence-electron chi connectivity index (χ0n) is 34.2. The third-order valence-electron chi connectivity index (χ3n) is 12.4. The predicted octanol–water partition coefficient (Wildman–Crippen LogP) is 15.4. The van der Waals surface area contributed by atoms with Crippen molar-refractivity contribution in [2.75, 3.05) is 0 Å². The minimum absolute atomic E-state index is 0.577. The van der Waals surface area contributed by atoms with Gasteiger partial charge in [-0.3, -0.25) is 0 Å². The summed E-state index contributed by atoms with van der Waals surface area (Å²) >= 11 is 0. The summed E-state index contributed by atoms with van der Waals surface area (Å²) in [5.74, 6) is 2.48. The fourth-order valence-corrected chi connectivity index (χ4v) is 9.28. The van der Waals surface area contributed by atoms with E-state index in [9.17, 15) is 0 Å². The maximum Gasteiger partial charge on any atom is 0.227 e. The minimum Gasteiger partial charge on any atom is -0.452 e. The minimum atomic E-state index is 0.577. The number of hydrogen-bond acceptors (Lipinski definition) is 6. The lowest BCUT2D eigenvalue weighted by molar-refractivity contribution is 0.603. The monoisotopic (exact) mass is 818 g/mol. The molecular formula is C58H34N4O2. The van der Waals surface area contributed by atoms with Gasteiger partial charge in [-0.25, -0.2) is 19.9 Å². The summed E-state index contributed by atoms with van der Waals surface area (Å²) in [6.07, 6.45) is 0. The van der Waals surface area contributed by atoms with E-state index in [-0.39, 0.29) is 0 Å². The molecule has 64 heavy (non-hydrogen) atoms. The second kappa shape index (κ2) is 14.4. The first kappa shape index (κ1) is 36.0. The fourth-order valence-electron chi connectivity index (χ4n) is 9.28. The molecule has 0 aliphatic rings. The lowest BCUT2D eigenvalue weighted by atomic mass is 9.91. The number of benzene rings is 10. The van der Waals surface area contributed by atoms with Crippen LogP contribution in [0.15, 0.2) is 215 Å². The van der Waals surface area contributed by atoms with E-state index in [0.29, 0.717) is 34.5 Å². The van der Waals surface area contributed by atoms with E-state index in [1.807, 2.05) is 36.4 Å². The van der Waals surface area contributed by atoms with Crippen LogP contribution in [0.2, 0.25) is 0 Å². The summed E-state index contributed by atoms with van der Waals surface area (Å²) < 4.78 is 12.8. The van der Waals surface area contributed by atoms with Gasteiger partial charge >= 0.3 is 0 Å². The third kappa shape index (κ3) is 5.88. The Morgan fingerprint density at radius 3 is 1.50 bits per heavy atom. The molecule has 0 atom stereocenters. The first-order valence-corrected chi connectivity index (χ1v) is 21.4. The van der Waals surface area contributed by atoms with Crippen molar-refractivity contribution < 1.29 is 8.83 Å². The Kier molecular flexibility index (Phi) is 8.11. The smallest absolute Gasteiger partial charge is 0.227 e. The summed E-state index contributed by atoms with van der Waals surface area (Å²) in [4.78, 5) is 20.2. The average Bonchev–Trinajstić information content (AvgIpc) is 3.98. The van der Waals surface area contributed by atoms with Crippen LogP contribution in [0.4, 0.5) is 0 Å². The first-order chi connectivity index (χ1) is 31.7. The lowest BCUT2D eigenvalue weighted by Crippen LogP contribution is -2.01. The Morgan fingerprint density at radius 2 is 0.828 bits per heavy atom. The van der Waals surface area contributed by atoms with E-state index < -0.39 is 0 Å². The van der Waals surface area contributed by atoms with Crippen LogP contribution in [0.1, 0.15) is 0 Å². The van der Waals surface area contributed by atoms with E-state index in [1.165, 1.54) is 10.8 Å². The number of rotatable bonds is 6. The van der Waals surface area contributed by atoms with Gasteiger partial charge in [-0.2, -0.15) is 0 Å². The molecule has 10 aromatic carbocycles. The van der Waals surface area contributed by atoms with Gasteiger partial charge in [0.25, 0.3) is 0 Å². The average molecular weight is 819 g/mol. The lowest BCUT2D eigenvalue weighted by Gasteiger charge is -2.13. The first-order valence-electron chi connectivity index (χ1n) is 21.4. The topological polar surface area (TPSA) is 77.8 Å². The SMILES string of the molecule is c1ccc(-c2nc3ccc4c5cc(-c6ccc(-c7ccc(-c8nc(-c9cccc%10ccccc9%10)nc(-c9cccc%10ccccc9%10)n8)cc7)c7ccccc67)ccc5oc4c3o2)cc1. The summed E-state index contributed by atoms with van der Waals surface area (Å²) in [5, 5.41) is 8.82. The molecule has 6 heteroatoms. The highest BCUT2D eigenvalue weighted by atomic mass is 16.4. The molecule has 0 amide bonds. The van der Waals surface area contributed by atoms with Crippen LogP contribution < -0.4 is 0 Å². The molecule has 6 nitrogen and oxygen atoms in total. The van der Waals surface area contributed by atoms with Gasteiger partial charge in [0, 0.05) is 33.0 Å². The second-order valence-corrected chi connectivity index (χ2v) is 16.1. The maximum atomic E-state index is 6.46. The molecule has 0 fully saturated rings. The highest BCUT2D eigenvalue weighted by molar-refractivity contribution is 6.14. The number of furan rings is 1. The van der Waals surface area contributed by atoms with Gasteiger partial charge in [-0.15, -0.1) is 0 Å². The summed E-state index contributed by atoms with van der Waals surface area (Å²) in [7, 11) is 0.